The molecule has 2 heteroatoms. The first-order chi connectivity index (χ1) is 9.44. The molecule has 106 valence electrons. The standard InChI is InChI=1S/C18H23NS/c1-14-8-7-10-16(12-14)20-17-11-6-5-9-15(17)13-19-18(2,3)4/h5-12,19H,13H2,1-4H3. The summed E-state index contributed by atoms with van der Waals surface area (Å²) in [6.45, 7) is 9.63. The van der Waals surface area contributed by atoms with Gasteiger partial charge in [-0.3, -0.25) is 0 Å². The summed E-state index contributed by atoms with van der Waals surface area (Å²) in [5.74, 6) is 0. The zero-order chi connectivity index (χ0) is 14.6. The quantitative estimate of drug-likeness (QED) is 0.845. The number of nitrogens with one attached hydrogen (secondary N) is 1. The van der Waals surface area contributed by atoms with Crippen molar-refractivity contribution in [3.05, 3.63) is 59.7 Å². The molecule has 2 aromatic carbocycles. The molecule has 0 aliphatic rings. The largest absolute Gasteiger partial charge is 0.308 e. The summed E-state index contributed by atoms with van der Waals surface area (Å²) < 4.78 is 0. The third-order valence-electron chi connectivity index (χ3n) is 3.00. The van der Waals surface area contributed by atoms with E-state index in [0.717, 1.165) is 6.54 Å². The maximum absolute atomic E-state index is 3.56. The van der Waals surface area contributed by atoms with Gasteiger partial charge in [0.2, 0.25) is 0 Å². The van der Waals surface area contributed by atoms with Gasteiger partial charge in [-0.25, -0.2) is 0 Å². The van der Waals surface area contributed by atoms with Gasteiger partial charge in [-0.15, -0.1) is 0 Å². The predicted octanol–water partition coefficient (Wildman–Crippen LogP) is 5.03. The minimum atomic E-state index is 0.140. The van der Waals surface area contributed by atoms with Crippen molar-refractivity contribution in [1.82, 2.24) is 5.32 Å². The van der Waals surface area contributed by atoms with Gasteiger partial charge in [-0.05, 0) is 51.5 Å². The number of hydrogen-bond acceptors (Lipinski definition) is 2. The molecule has 0 heterocycles. The maximum Gasteiger partial charge on any atom is 0.0221 e. The predicted molar refractivity (Wildman–Crippen MR) is 88.3 cm³/mol. The van der Waals surface area contributed by atoms with Crippen molar-refractivity contribution >= 4 is 11.8 Å². The highest BCUT2D eigenvalue weighted by Crippen LogP contribution is 2.31. The van der Waals surface area contributed by atoms with E-state index in [1.54, 1.807) is 0 Å². The van der Waals surface area contributed by atoms with Gasteiger partial charge >= 0.3 is 0 Å². The second-order valence-corrected chi connectivity index (χ2v) is 7.25. The first kappa shape index (κ1) is 15.1. The van der Waals surface area contributed by atoms with Gasteiger partial charge in [0.25, 0.3) is 0 Å². The Kier molecular flexibility index (Phi) is 4.90. The van der Waals surface area contributed by atoms with Gasteiger partial charge in [-0.2, -0.15) is 0 Å². The minimum Gasteiger partial charge on any atom is -0.308 e. The summed E-state index contributed by atoms with van der Waals surface area (Å²) in [5.41, 5.74) is 2.80. The van der Waals surface area contributed by atoms with E-state index in [-0.39, 0.29) is 5.54 Å². The third kappa shape index (κ3) is 4.69. The van der Waals surface area contributed by atoms with Gasteiger partial charge in [0.05, 0.1) is 0 Å². The Bertz CT molecular complexity index is 570. The highest BCUT2D eigenvalue weighted by atomic mass is 32.2. The van der Waals surface area contributed by atoms with Crippen LogP contribution >= 0.6 is 11.8 Å². The Balaban J connectivity index is 2.15. The van der Waals surface area contributed by atoms with Crippen LogP contribution in [-0.2, 0) is 6.54 Å². The second kappa shape index (κ2) is 6.47. The van der Waals surface area contributed by atoms with Crippen molar-refractivity contribution in [2.45, 2.75) is 49.6 Å². The lowest BCUT2D eigenvalue weighted by Crippen LogP contribution is -2.35. The van der Waals surface area contributed by atoms with Crippen molar-refractivity contribution in [2.75, 3.05) is 0 Å². The van der Waals surface area contributed by atoms with E-state index in [0.29, 0.717) is 0 Å². The lowest BCUT2D eigenvalue weighted by atomic mass is 10.1. The Labute approximate surface area is 126 Å². The Morgan fingerprint density at radius 1 is 1.00 bits per heavy atom. The lowest BCUT2D eigenvalue weighted by molar-refractivity contribution is 0.422. The summed E-state index contributed by atoms with van der Waals surface area (Å²) in [5, 5.41) is 3.56. The normalized spacial score (nSPS) is 11.6. The molecule has 0 saturated heterocycles. The zero-order valence-electron chi connectivity index (χ0n) is 12.7. The number of rotatable bonds is 4. The van der Waals surface area contributed by atoms with E-state index in [9.17, 15) is 0 Å². The van der Waals surface area contributed by atoms with Gasteiger partial charge in [0, 0.05) is 21.9 Å². The van der Waals surface area contributed by atoms with Crippen molar-refractivity contribution < 1.29 is 0 Å². The van der Waals surface area contributed by atoms with Crippen molar-refractivity contribution in [3.63, 3.8) is 0 Å². The number of hydrogen-bond donors (Lipinski definition) is 1. The molecule has 0 aliphatic heterocycles. The van der Waals surface area contributed by atoms with E-state index in [1.807, 2.05) is 11.8 Å². The van der Waals surface area contributed by atoms with Crippen molar-refractivity contribution in [3.8, 4) is 0 Å². The number of benzene rings is 2. The van der Waals surface area contributed by atoms with Gasteiger partial charge in [0.1, 0.15) is 0 Å². The highest BCUT2D eigenvalue weighted by Gasteiger charge is 2.10. The van der Waals surface area contributed by atoms with Crippen LogP contribution in [-0.4, -0.2) is 5.54 Å². The average molecular weight is 285 g/mol. The average Bonchev–Trinajstić information content (AvgIpc) is 2.37. The summed E-state index contributed by atoms with van der Waals surface area (Å²) in [4.78, 5) is 2.63. The summed E-state index contributed by atoms with van der Waals surface area (Å²) >= 11 is 1.84. The number of aryl methyl sites for hydroxylation is 1. The molecule has 0 fully saturated rings. The molecule has 0 unspecified atom stereocenters. The molecule has 0 radical (unpaired) electrons. The van der Waals surface area contributed by atoms with Crippen LogP contribution in [0.1, 0.15) is 31.9 Å². The molecule has 2 rings (SSSR count). The smallest absolute Gasteiger partial charge is 0.0221 e. The van der Waals surface area contributed by atoms with Crippen molar-refractivity contribution in [1.29, 1.82) is 0 Å². The van der Waals surface area contributed by atoms with Gasteiger partial charge in [0.15, 0.2) is 0 Å². The highest BCUT2D eigenvalue weighted by molar-refractivity contribution is 7.99. The summed E-state index contributed by atoms with van der Waals surface area (Å²) in [6, 6.07) is 17.3. The molecule has 1 nitrogen and oxygen atoms in total. The first-order valence-electron chi connectivity index (χ1n) is 7.01. The van der Waals surface area contributed by atoms with Crippen LogP contribution in [0.25, 0.3) is 0 Å². The van der Waals surface area contributed by atoms with Crippen LogP contribution in [0.2, 0.25) is 0 Å². The molecule has 0 atom stereocenters. The van der Waals surface area contributed by atoms with Crippen LogP contribution in [0.4, 0.5) is 0 Å². The van der Waals surface area contributed by atoms with Gasteiger partial charge < -0.3 is 5.32 Å². The SMILES string of the molecule is Cc1cccc(Sc2ccccc2CNC(C)(C)C)c1. The molecule has 0 spiro atoms. The van der Waals surface area contributed by atoms with E-state index in [2.05, 4.69) is 81.5 Å². The fraction of sp³-hybridized carbons (Fsp3) is 0.333. The molecular formula is C18H23NS. The molecule has 0 amide bonds. The van der Waals surface area contributed by atoms with Crippen LogP contribution in [0.3, 0.4) is 0 Å². The van der Waals surface area contributed by atoms with Crippen LogP contribution < -0.4 is 5.32 Å². The molecule has 0 saturated carbocycles. The Hall–Kier alpha value is -1.25. The molecule has 0 bridgehead atoms. The molecule has 20 heavy (non-hydrogen) atoms. The third-order valence-corrected chi connectivity index (χ3v) is 4.11. The molecule has 2 aromatic rings. The van der Waals surface area contributed by atoms with Crippen molar-refractivity contribution in [2.24, 2.45) is 0 Å². The van der Waals surface area contributed by atoms with E-state index in [4.69, 9.17) is 0 Å². The fourth-order valence-electron chi connectivity index (χ4n) is 1.92. The van der Waals surface area contributed by atoms with Crippen LogP contribution in [0.15, 0.2) is 58.3 Å². The molecule has 1 N–H and O–H groups in total. The Morgan fingerprint density at radius 2 is 1.75 bits per heavy atom. The fourth-order valence-corrected chi connectivity index (χ4v) is 2.98. The summed E-state index contributed by atoms with van der Waals surface area (Å²) in [6.07, 6.45) is 0. The van der Waals surface area contributed by atoms with Crippen LogP contribution in [0, 0.1) is 6.92 Å². The Morgan fingerprint density at radius 3 is 2.45 bits per heavy atom. The first-order valence-corrected chi connectivity index (χ1v) is 7.83. The zero-order valence-corrected chi connectivity index (χ0v) is 13.6. The van der Waals surface area contributed by atoms with E-state index >= 15 is 0 Å². The molecule has 0 aromatic heterocycles. The van der Waals surface area contributed by atoms with E-state index in [1.165, 1.54) is 20.9 Å². The van der Waals surface area contributed by atoms with E-state index < -0.39 is 0 Å². The molecule has 0 aliphatic carbocycles. The topological polar surface area (TPSA) is 12.0 Å². The molecular weight excluding hydrogens is 262 g/mol. The summed E-state index contributed by atoms with van der Waals surface area (Å²) in [7, 11) is 0. The monoisotopic (exact) mass is 285 g/mol. The van der Waals surface area contributed by atoms with Crippen LogP contribution in [0.5, 0.6) is 0 Å². The lowest BCUT2D eigenvalue weighted by Gasteiger charge is -2.21. The van der Waals surface area contributed by atoms with Gasteiger partial charge in [-0.1, -0.05) is 47.7 Å². The minimum absolute atomic E-state index is 0.140. The second-order valence-electron chi connectivity index (χ2n) is 6.13. The maximum atomic E-state index is 3.56.